The lowest BCUT2D eigenvalue weighted by atomic mass is 9.86. The van der Waals surface area contributed by atoms with Gasteiger partial charge in [-0.1, -0.05) is 18.2 Å². The summed E-state index contributed by atoms with van der Waals surface area (Å²) in [5.74, 6) is 1.32. The Bertz CT molecular complexity index is 695. The smallest absolute Gasteiger partial charge is 0.127 e. The Morgan fingerprint density at radius 1 is 1.29 bits per heavy atom. The predicted octanol–water partition coefficient (Wildman–Crippen LogP) is 3.79. The van der Waals surface area contributed by atoms with Crippen LogP contribution >= 0.6 is 0 Å². The van der Waals surface area contributed by atoms with Crippen LogP contribution in [0.5, 0.6) is 0 Å². The Hall–Kier alpha value is -1.72. The van der Waals surface area contributed by atoms with Crippen LogP contribution in [-0.2, 0) is 4.74 Å². The third kappa shape index (κ3) is 2.87. The van der Waals surface area contributed by atoms with E-state index >= 15 is 0 Å². The minimum absolute atomic E-state index is 0.00412. The molecule has 2 aromatic rings. The van der Waals surface area contributed by atoms with Crippen molar-refractivity contribution in [3.63, 3.8) is 0 Å². The van der Waals surface area contributed by atoms with Crippen molar-refractivity contribution < 1.29 is 9.13 Å². The highest BCUT2D eigenvalue weighted by atomic mass is 19.1. The number of ether oxygens (including phenoxy) is 1. The summed E-state index contributed by atoms with van der Waals surface area (Å²) >= 11 is 0. The lowest BCUT2D eigenvalue weighted by molar-refractivity contribution is 0.0511. The average Bonchev–Trinajstić information content (AvgIpc) is 3.19. The van der Waals surface area contributed by atoms with Gasteiger partial charge < -0.3 is 9.30 Å². The van der Waals surface area contributed by atoms with Gasteiger partial charge in [0, 0.05) is 43.3 Å². The molecule has 1 saturated heterocycles. The molecule has 0 aliphatic carbocycles. The van der Waals surface area contributed by atoms with E-state index in [0.29, 0.717) is 12.0 Å². The fourth-order valence-corrected chi connectivity index (χ4v) is 4.14. The van der Waals surface area contributed by atoms with Crippen molar-refractivity contribution in [3.05, 3.63) is 53.9 Å². The van der Waals surface area contributed by atoms with Crippen molar-refractivity contribution in [2.45, 2.75) is 44.3 Å². The number of nitrogens with one attached hydrogen (secondary N) is 1. The zero-order valence-corrected chi connectivity index (χ0v) is 14.0. The van der Waals surface area contributed by atoms with Gasteiger partial charge in [0.05, 0.1) is 6.04 Å². The van der Waals surface area contributed by atoms with Crippen molar-refractivity contribution >= 4 is 0 Å². The molecule has 0 amide bonds. The van der Waals surface area contributed by atoms with Gasteiger partial charge in [0.15, 0.2) is 0 Å². The number of fused-ring (bicyclic) bond motifs is 1. The molecule has 2 aliphatic heterocycles. The topological polar surface area (TPSA) is 39.1 Å². The van der Waals surface area contributed by atoms with Gasteiger partial charge in [-0.05, 0) is 38.2 Å². The largest absolute Gasteiger partial charge is 0.381 e. The third-order valence-electron chi connectivity index (χ3n) is 5.42. The average molecular weight is 329 g/mol. The Kier molecular flexibility index (Phi) is 4.37. The van der Waals surface area contributed by atoms with E-state index < -0.39 is 0 Å². The van der Waals surface area contributed by atoms with Crippen molar-refractivity contribution in [2.24, 2.45) is 5.92 Å². The Labute approximate surface area is 142 Å². The summed E-state index contributed by atoms with van der Waals surface area (Å²) in [6, 6.07) is 7.73. The molecule has 3 atom stereocenters. The van der Waals surface area contributed by atoms with Crippen LogP contribution in [0.1, 0.15) is 55.7 Å². The maximum Gasteiger partial charge on any atom is 0.127 e. The van der Waals surface area contributed by atoms with E-state index in [1.807, 2.05) is 24.5 Å². The van der Waals surface area contributed by atoms with Gasteiger partial charge in [-0.3, -0.25) is 5.32 Å². The first-order chi connectivity index (χ1) is 11.7. The molecule has 1 fully saturated rings. The normalized spacial score (nSPS) is 25.6. The molecule has 3 heterocycles. The molecule has 2 aliphatic rings. The zero-order chi connectivity index (χ0) is 16.5. The lowest BCUT2D eigenvalue weighted by Crippen LogP contribution is -2.34. The molecule has 5 heteroatoms. The van der Waals surface area contributed by atoms with Gasteiger partial charge in [0.25, 0.3) is 0 Å². The molecule has 1 aromatic heterocycles. The molecule has 24 heavy (non-hydrogen) atoms. The second-order valence-corrected chi connectivity index (χ2v) is 6.95. The number of hydrogen-bond donors (Lipinski definition) is 1. The van der Waals surface area contributed by atoms with E-state index in [9.17, 15) is 4.39 Å². The van der Waals surface area contributed by atoms with E-state index in [4.69, 9.17) is 4.74 Å². The second kappa shape index (κ2) is 6.65. The first-order valence-corrected chi connectivity index (χ1v) is 8.85. The fourth-order valence-electron chi connectivity index (χ4n) is 4.14. The molecule has 128 valence electrons. The minimum Gasteiger partial charge on any atom is -0.381 e. The van der Waals surface area contributed by atoms with Crippen molar-refractivity contribution in [2.75, 3.05) is 13.2 Å². The number of aromatic nitrogens is 2. The van der Waals surface area contributed by atoms with Crippen LogP contribution in [0, 0.1) is 11.7 Å². The molecular formula is C19H24FN3O. The molecule has 0 radical (unpaired) electrons. The molecule has 1 N–H and O–H groups in total. The van der Waals surface area contributed by atoms with E-state index in [-0.39, 0.29) is 17.9 Å². The molecule has 0 bridgehead atoms. The van der Waals surface area contributed by atoms with Crippen molar-refractivity contribution in [1.29, 1.82) is 0 Å². The van der Waals surface area contributed by atoms with Gasteiger partial charge in [0.1, 0.15) is 11.6 Å². The number of halogens is 1. The second-order valence-electron chi connectivity index (χ2n) is 6.95. The van der Waals surface area contributed by atoms with Crippen molar-refractivity contribution in [3.8, 4) is 0 Å². The summed E-state index contributed by atoms with van der Waals surface area (Å²) in [6.07, 6.45) is 6.81. The Balaban J connectivity index is 1.63. The summed E-state index contributed by atoms with van der Waals surface area (Å²) in [6.45, 7) is 3.72. The monoisotopic (exact) mass is 329 g/mol. The molecule has 1 aromatic carbocycles. The van der Waals surface area contributed by atoms with Gasteiger partial charge in [0.2, 0.25) is 0 Å². The lowest BCUT2D eigenvalue weighted by Gasteiger charge is -2.33. The highest BCUT2D eigenvalue weighted by molar-refractivity contribution is 5.23. The maximum absolute atomic E-state index is 14.5. The van der Waals surface area contributed by atoms with E-state index in [1.54, 1.807) is 12.1 Å². The third-order valence-corrected chi connectivity index (χ3v) is 5.42. The molecule has 4 nitrogen and oxygen atoms in total. The quantitative estimate of drug-likeness (QED) is 0.928. The van der Waals surface area contributed by atoms with Gasteiger partial charge in [-0.25, -0.2) is 9.37 Å². The molecule has 0 saturated carbocycles. The Morgan fingerprint density at radius 2 is 2.08 bits per heavy atom. The summed E-state index contributed by atoms with van der Waals surface area (Å²) in [7, 11) is 0. The fraction of sp³-hybridized carbons (Fsp3) is 0.526. The number of hydrogen-bond acceptors (Lipinski definition) is 3. The Morgan fingerprint density at radius 3 is 2.88 bits per heavy atom. The number of rotatable bonds is 4. The van der Waals surface area contributed by atoms with Gasteiger partial charge >= 0.3 is 0 Å². The maximum atomic E-state index is 14.5. The van der Waals surface area contributed by atoms with Crippen LogP contribution in [-0.4, -0.2) is 22.8 Å². The van der Waals surface area contributed by atoms with Crippen LogP contribution in [0.3, 0.4) is 0 Å². The van der Waals surface area contributed by atoms with E-state index in [0.717, 1.165) is 43.9 Å². The van der Waals surface area contributed by atoms with Crippen LogP contribution in [0.15, 0.2) is 36.7 Å². The number of imidazole rings is 1. The first-order valence-electron chi connectivity index (χ1n) is 8.85. The predicted molar refractivity (Wildman–Crippen MR) is 90.1 cm³/mol. The van der Waals surface area contributed by atoms with Gasteiger partial charge in [-0.15, -0.1) is 0 Å². The number of benzene rings is 1. The van der Waals surface area contributed by atoms with E-state index in [1.165, 1.54) is 0 Å². The van der Waals surface area contributed by atoms with Crippen LogP contribution < -0.4 is 5.32 Å². The molecular weight excluding hydrogens is 305 g/mol. The molecule has 0 spiro atoms. The first kappa shape index (κ1) is 15.8. The highest BCUT2D eigenvalue weighted by Gasteiger charge is 2.34. The summed E-state index contributed by atoms with van der Waals surface area (Å²) in [5.41, 5.74) is 0.766. The number of nitrogens with zero attached hydrogens (tertiary/aromatic N) is 2. The van der Waals surface area contributed by atoms with E-state index in [2.05, 4.69) is 21.8 Å². The molecule has 3 unspecified atom stereocenters. The SMILES string of the molecule is CC1CC(NC(c2ccccc2F)C2CCOCC2)c2nccn21. The molecule has 4 rings (SSSR count). The van der Waals surface area contributed by atoms with Crippen LogP contribution in [0.2, 0.25) is 0 Å². The highest BCUT2D eigenvalue weighted by Crippen LogP contribution is 2.38. The standard InChI is InChI=1S/C19H24FN3O/c1-13-12-17(19-21-8-9-23(13)19)22-18(14-6-10-24-11-7-14)15-4-2-3-5-16(15)20/h2-5,8-9,13-14,17-18,22H,6-7,10-12H2,1H3. The van der Waals surface area contributed by atoms with Crippen LogP contribution in [0.25, 0.3) is 0 Å². The zero-order valence-electron chi connectivity index (χ0n) is 14.0. The summed E-state index contributed by atoms with van der Waals surface area (Å²) < 4.78 is 22.2. The van der Waals surface area contributed by atoms with Crippen molar-refractivity contribution in [1.82, 2.24) is 14.9 Å². The minimum atomic E-state index is -0.129. The summed E-state index contributed by atoms with van der Waals surface area (Å²) in [4.78, 5) is 4.52. The van der Waals surface area contributed by atoms with Gasteiger partial charge in [-0.2, -0.15) is 0 Å². The van der Waals surface area contributed by atoms with Crippen LogP contribution in [0.4, 0.5) is 4.39 Å². The summed E-state index contributed by atoms with van der Waals surface area (Å²) in [5, 5.41) is 3.74.